The molecular formula is C12H22O2Si. The van der Waals surface area contributed by atoms with Crippen LogP contribution in [0, 0.1) is 0 Å². The van der Waals surface area contributed by atoms with Crippen LogP contribution >= 0.6 is 0 Å². The van der Waals surface area contributed by atoms with Crippen molar-refractivity contribution in [3.63, 3.8) is 0 Å². The zero-order valence-corrected chi connectivity index (χ0v) is 11.5. The van der Waals surface area contributed by atoms with E-state index in [-0.39, 0.29) is 11.2 Å². The Hall–Kier alpha value is -0.283. The molecule has 1 heterocycles. The van der Waals surface area contributed by atoms with Crippen LogP contribution in [0.3, 0.4) is 0 Å². The Kier molecular flexibility index (Phi) is 2.32. The van der Waals surface area contributed by atoms with E-state index in [4.69, 9.17) is 9.16 Å². The molecule has 0 amide bonds. The number of rotatable bonds is 2. The minimum atomic E-state index is -1.50. The van der Waals surface area contributed by atoms with Gasteiger partial charge in [0.2, 0.25) is 8.32 Å². The Morgan fingerprint density at radius 1 is 1.33 bits per heavy atom. The first-order valence-corrected chi connectivity index (χ1v) is 9.28. The fourth-order valence-electron chi connectivity index (χ4n) is 2.44. The third-order valence-corrected chi connectivity index (χ3v) is 4.07. The summed E-state index contributed by atoms with van der Waals surface area (Å²) in [4.78, 5) is 0. The number of allylic oxidation sites excluding steroid dienone is 1. The highest BCUT2D eigenvalue weighted by Crippen LogP contribution is 2.57. The summed E-state index contributed by atoms with van der Waals surface area (Å²) < 4.78 is 12.1. The van der Waals surface area contributed by atoms with E-state index >= 15 is 0 Å². The van der Waals surface area contributed by atoms with E-state index < -0.39 is 8.32 Å². The van der Waals surface area contributed by atoms with E-state index in [9.17, 15) is 0 Å². The lowest BCUT2D eigenvalue weighted by molar-refractivity contribution is 0.224. The molecule has 0 radical (unpaired) electrons. The Morgan fingerprint density at radius 2 is 1.93 bits per heavy atom. The van der Waals surface area contributed by atoms with Crippen LogP contribution in [-0.2, 0) is 9.16 Å². The zero-order chi connectivity index (χ0) is 11.3. The summed E-state index contributed by atoms with van der Waals surface area (Å²) in [5, 5.41) is 0. The van der Waals surface area contributed by atoms with Gasteiger partial charge in [0, 0.05) is 0 Å². The number of hydrogen-bond acceptors (Lipinski definition) is 2. The summed E-state index contributed by atoms with van der Waals surface area (Å²) >= 11 is 0. The molecule has 1 atom stereocenters. The molecule has 0 N–H and O–H groups in total. The van der Waals surface area contributed by atoms with Crippen molar-refractivity contribution in [2.75, 3.05) is 0 Å². The molecule has 0 saturated carbocycles. The zero-order valence-electron chi connectivity index (χ0n) is 10.5. The van der Waals surface area contributed by atoms with Crippen molar-refractivity contribution in [3.8, 4) is 0 Å². The Morgan fingerprint density at radius 3 is 2.40 bits per heavy atom. The van der Waals surface area contributed by atoms with E-state index in [2.05, 4.69) is 39.6 Å². The third-order valence-electron chi connectivity index (χ3n) is 3.24. The molecule has 1 aliphatic heterocycles. The molecule has 1 aliphatic carbocycles. The average molecular weight is 226 g/mol. The van der Waals surface area contributed by atoms with Crippen molar-refractivity contribution in [3.05, 3.63) is 11.8 Å². The molecular weight excluding hydrogens is 204 g/mol. The summed E-state index contributed by atoms with van der Waals surface area (Å²) in [7, 11) is -1.50. The molecule has 3 heteroatoms. The lowest BCUT2D eigenvalue weighted by atomic mass is 9.85. The Labute approximate surface area is 93.8 Å². The Balaban J connectivity index is 2.19. The molecule has 0 aromatic carbocycles. The number of epoxide rings is 1. The SMILES string of the molecule is CC1(C)OC12CCCC=C2O[Si](C)(C)C. The molecule has 2 nitrogen and oxygen atoms in total. The highest BCUT2D eigenvalue weighted by Gasteiger charge is 2.67. The van der Waals surface area contributed by atoms with E-state index in [0.29, 0.717) is 0 Å². The maximum atomic E-state index is 6.17. The van der Waals surface area contributed by atoms with E-state index in [0.717, 1.165) is 18.6 Å². The summed E-state index contributed by atoms with van der Waals surface area (Å²) in [5.41, 5.74) is -0.0928. The summed E-state index contributed by atoms with van der Waals surface area (Å²) in [6, 6.07) is 0. The molecule has 1 spiro atoms. The van der Waals surface area contributed by atoms with Crippen LogP contribution in [0.1, 0.15) is 33.1 Å². The first-order valence-electron chi connectivity index (χ1n) is 5.87. The normalized spacial score (nSPS) is 33.8. The van der Waals surface area contributed by atoms with Gasteiger partial charge in [-0.05, 0) is 58.8 Å². The minimum absolute atomic E-state index is 0.0150. The fourth-order valence-corrected chi connectivity index (χ4v) is 3.34. The quantitative estimate of drug-likeness (QED) is 0.531. The summed E-state index contributed by atoms with van der Waals surface area (Å²) in [6.07, 6.45) is 5.73. The van der Waals surface area contributed by atoms with Crippen LogP contribution in [0.4, 0.5) is 0 Å². The Bertz CT molecular complexity index is 301. The highest BCUT2D eigenvalue weighted by atomic mass is 28.4. The highest BCUT2D eigenvalue weighted by molar-refractivity contribution is 6.70. The fraction of sp³-hybridized carbons (Fsp3) is 0.833. The van der Waals surface area contributed by atoms with Crippen LogP contribution < -0.4 is 0 Å². The van der Waals surface area contributed by atoms with Crippen LogP contribution in [0.15, 0.2) is 11.8 Å². The van der Waals surface area contributed by atoms with Crippen molar-refractivity contribution >= 4 is 8.32 Å². The predicted octanol–water partition coefficient (Wildman–Crippen LogP) is 3.45. The minimum Gasteiger partial charge on any atom is -0.545 e. The average Bonchev–Trinajstić information content (AvgIpc) is 2.57. The third kappa shape index (κ3) is 1.87. The van der Waals surface area contributed by atoms with Gasteiger partial charge < -0.3 is 9.16 Å². The molecule has 15 heavy (non-hydrogen) atoms. The second-order valence-corrected chi connectivity index (χ2v) is 10.5. The molecule has 1 fully saturated rings. The van der Waals surface area contributed by atoms with Gasteiger partial charge in [-0.1, -0.05) is 0 Å². The van der Waals surface area contributed by atoms with Gasteiger partial charge in [0.05, 0.1) is 0 Å². The van der Waals surface area contributed by atoms with Crippen LogP contribution in [0.5, 0.6) is 0 Å². The lowest BCUT2D eigenvalue weighted by Crippen LogP contribution is -2.34. The van der Waals surface area contributed by atoms with Crippen LogP contribution in [-0.4, -0.2) is 19.5 Å². The second-order valence-electron chi connectivity index (χ2n) is 6.11. The van der Waals surface area contributed by atoms with Crippen molar-refractivity contribution < 1.29 is 9.16 Å². The molecule has 0 aromatic heterocycles. The van der Waals surface area contributed by atoms with Gasteiger partial charge in [-0.3, -0.25) is 0 Å². The molecule has 2 aliphatic rings. The van der Waals surface area contributed by atoms with Crippen LogP contribution in [0.25, 0.3) is 0 Å². The van der Waals surface area contributed by atoms with Crippen molar-refractivity contribution in [1.29, 1.82) is 0 Å². The number of ether oxygens (including phenoxy) is 1. The van der Waals surface area contributed by atoms with Gasteiger partial charge in [-0.2, -0.15) is 0 Å². The predicted molar refractivity (Wildman–Crippen MR) is 64.3 cm³/mol. The van der Waals surface area contributed by atoms with Gasteiger partial charge in [0.1, 0.15) is 11.4 Å². The monoisotopic (exact) mass is 226 g/mol. The molecule has 1 saturated heterocycles. The standard InChI is InChI=1S/C12H22O2Si/c1-11(2)12(14-11)9-7-6-8-10(12)13-15(3,4)5/h8H,6-7,9H2,1-5H3. The number of hydrogen-bond donors (Lipinski definition) is 0. The molecule has 2 rings (SSSR count). The molecule has 86 valence electrons. The first-order chi connectivity index (χ1) is 6.77. The van der Waals surface area contributed by atoms with E-state index in [1.165, 1.54) is 6.42 Å². The maximum Gasteiger partial charge on any atom is 0.241 e. The van der Waals surface area contributed by atoms with Crippen molar-refractivity contribution in [1.82, 2.24) is 0 Å². The van der Waals surface area contributed by atoms with Gasteiger partial charge in [0.25, 0.3) is 0 Å². The van der Waals surface area contributed by atoms with Gasteiger partial charge in [-0.25, -0.2) is 0 Å². The van der Waals surface area contributed by atoms with E-state index in [1.807, 2.05) is 0 Å². The molecule has 0 aromatic rings. The van der Waals surface area contributed by atoms with Crippen molar-refractivity contribution in [2.45, 2.75) is 64.0 Å². The summed E-state index contributed by atoms with van der Waals surface area (Å²) in [5.74, 6) is 1.12. The van der Waals surface area contributed by atoms with Crippen molar-refractivity contribution in [2.24, 2.45) is 0 Å². The largest absolute Gasteiger partial charge is 0.545 e. The second kappa shape index (κ2) is 3.11. The molecule has 1 unspecified atom stereocenters. The first kappa shape index (κ1) is 11.2. The smallest absolute Gasteiger partial charge is 0.241 e. The summed E-state index contributed by atoms with van der Waals surface area (Å²) in [6.45, 7) is 11.0. The van der Waals surface area contributed by atoms with E-state index in [1.54, 1.807) is 0 Å². The maximum absolute atomic E-state index is 6.17. The van der Waals surface area contributed by atoms with Gasteiger partial charge in [0.15, 0.2) is 5.60 Å². The molecule has 0 bridgehead atoms. The van der Waals surface area contributed by atoms with Gasteiger partial charge >= 0.3 is 0 Å². The van der Waals surface area contributed by atoms with Gasteiger partial charge in [-0.15, -0.1) is 0 Å². The van der Waals surface area contributed by atoms with Crippen LogP contribution in [0.2, 0.25) is 19.6 Å². The lowest BCUT2D eigenvalue weighted by Gasteiger charge is -2.29. The topological polar surface area (TPSA) is 21.8 Å².